The molecule has 3 N–H and O–H groups in total. The summed E-state index contributed by atoms with van der Waals surface area (Å²) in [5, 5.41) is 0. The number of nitrogens with two attached hydrogens (primary N) is 1. The van der Waals surface area contributed by atoms with Gasteiger partial charge in [0.15, 0.2) is 0 Å². The van der Waals surface area contributed by atoms with Crippen molar-refractivity contribution >= 4 is 21.4 Å². The lowest BCUT2D eigenvalue weighted by atomic mass is 10.3. The fraction of sp³-hybridized carbons (Fsp3) is 0.0769. The lowest BCUT2D eigenvalue weighted by Crippen LogP contribution is -2.13. The standard InChI is InChI=1S/C13H13FN2O3S/c1-19-10-4-2-3-9(7-10)16-20(17,18)11-5-6-13(15)12(14)8-11/h2-8,16H,15H2,1H3. The van der Waals surface area contributed by atoms with Gasteiger partial charge in [0.2, 0.25) is 0 Å². The average Bonchev–Trinajstić information content (AvgIpc) is 2.41. The van der Waals surface area contributed by atoms with E-state index in [1.165, 1.54) is 25.3 Å². The fourth-order valence-electron chi connectivity index (χ4n) is 1.58. The van der Waals surface area contributed by atoms with E-state index >= 15 is 0 Å². The van der Waals surface area contributed by atoms with Gasteiger partial charge in [0.1, 0.15) is 11.6 Å². The number of halogens is 1. The van der Waals surface area contributed by atoms with Crippen LogP contribution in [0.1, 0.15) is 0 Å². The van der Waals surface area contributed by atoms with Crippen LogP contribution < -0.4 is 15.2 Å². The summed E-state index contributed by atoms with van der Waals surface area (Å²) < 4.78 is 44.9. The second kappa shape index (κ2) is 5.38. The van der Waals surface area contributed by atoms with Crippen LogP contribution in [-0.2, 0) is 10.0 Å². The van der Waals surface area contributed by atoms with E-state index in [0.29, 0.717) is 11.4 Å². The highest BCUT2D eigenvalue weighted by Gasteiger charge is 2.16. The molecule has 0 saturated carbocycles. The topological polar surface area (TPSA) is 81.4 Å². The number of hydrogen-bond acceptors (Lipinski definition) is 4. The zero-order valence-corrected chi connectivity index (χ0v) is 11.4. The first-order chi connectivity index (χ1) is 9.42. The third-order valence-corrected chi connectivity index (χ3v) is 3.98. The normalized spacial score (nSPS) is 11.1. The molecule has 0 aromatic heterocycles. The number of nitrogen functional groups attached to an aromatic ring is 1. The summed E-state index contributed by atoms with van der Waals surface area (Å²) in [4.78, 5) is -0.202. The Bertz CT molecular complexity index is 732. The van der Waals surface area contributed by atoms with Crippen LogP contribution in [0.15, 0.2) is 47.4 Å². The van der Waals surface area contributed by atoms with E-state index in [1.54, 1.807) is 18.2 Å². The minimum absolute atomic E-state index is 0.106. The minimum Gasteiger partial charge on any atom is -0.497 e. The predicted molar refractivity (Wildman–Crippen MR) is 74.6 cm³/mol. The molecule has 7 heteroatoms. The van der Waals surface area contributed by atoms with Crippen molar-refractivity contribution in [2.24, 2.45) is 0 Å². The Morgan fingerprint density at radius 1 is 1.20 bits per heavy atom. The molecule has 0 saturated heterocycles. The SMILES string of the molecule is COc1cccc(NS(=O)(=O)c2ccc(N)c(F)c2)c1. The molecule has 0 atom stereocenters. The highest BCUT2D eigenvalue weighted by molar-refractivity contribution is 7.92. The quantitative estimate of drug-likeness (QED) is 0.848. The van der Waals surface area contributed by atoms with Crippen molar-refractivity contribution in [1.82, 2.24) is 0 Å². The van der Waals surface area contributed by atoms with Crippen molar-refractivity contribution in [2.45, 2.75) is 4.90 Å². The molecule has 0 amide bonds. The monoisotopic (exact) mass is 296 g/mol. The van der Waals surface area contributed by atoms with Gasteiger partial charge >= 0.3 is 0 Å². The van der Waals surface area contributed by atoms with Gasteiger partial charge < -0.3 is 10.5 Å². The molecule has 0 radical (unpaired) electrons. The summed E-state index contributed by atoms with van der Waals surface area (Å²) in [6.07, 6.45) is 0. The number of sulfonamides is 1. The van der Waals surface area contributed by atoms with Crippen molar-refractivity contribution in [3.8, 4) is 5.75 Å². The zero-order valence-electron chi connectivity index (χ0n) is 10.6. The van der Waals surface area contributed by atoms with E-state index in [9.17, 15) is 12.8 Å². The fourth-order valence-corrected chi connectivity index (χ4v) is 2.64. The van der Waals surface area contributed by atoms with Gasteiger partial charge in [-0.05, 0) is 30.3 Å². The second-order valence-electron chi connectivity index (χ2n) is 4.02. The largest absolute Gasteiger partial charge is 0.497 e. The first kappa shape index (κ1) is 14.1. The van der Waals surface area contributed by atoms with Crippen LogP contribution in [0.2, 0.25) is 0 Å². The van der Waals surface area contributed by atoms with Gasteiger partial charge in [-0.3, -0.25) is 4.72 Å². The van der Waals surface area contributed by atoms with Gasteiger partial charge in [0, 0.05) is 6.07 Å². The number of methoxy groups -OCH3 is 1. The summed E-state index contributed by atoms with van der Waals surface area (Å²) in [7, 11) is -2.40. The molecule has 5 nitrogen and oxygen atoms in total. The molecule has 0 fully saturated rings. The van der Waals surface area contributed by atoms with Crippen LogP contribution in [0.25, 0.3) is 0 Å². The van der Waals surface area contributed by atoms with Crippen molar-refractivity contribution in [3.63, 3.8) is 0 Å². The first-order valence-corrected chi connectivity index (χ1v) is 7.12. The highest BCUT2D eigenvalue weighted by atomic mass is 32.2. The molecule has 0 spiro atoms. The molecule has 0 bridgehead atoms. The number of rotatable bonds is 4. The van der Waals surface area contributed by atoms with Gasteiger partial charge in [-0.15, -0.1) is 0 Å². The third-order valence-electron chi connectivity index (χ3n) is 2.60. The summed E-state index contributed by atoms with van der Waals surface area (Å²) >= 11 is 0. The van der Waals surface area contributed by atoms with Crippen LogP contribution in [-0.4, -0.2) is 15.5 Å². The Hall–Kier alpha value is -2.28. The van der Waals surface area contributed by atoms with E-state index in [1.807, 2.05) is 0 Å². The maximum absolute atomic E-state index is 13.3. The molecule has 0 heterocycles. The number of nitrogens with one attached hydrogen (secondary N) is 1. The van der Waals surface area contributed by atoms with Crippen LogP contribution >= 0.6 is 0 Å². The number of benzene rings is 2. The Labute approximate surface area is 116 Å². The molecular weight excluding hydrogens is 283 g/mol. The summed E-state index contributed by atoms with van der Waals surface area (Å²) in [6, 6.07) is 9.72. The van der Waals surface area contributed by atoms with Gasteiger partial charge in [0.25, 0.3) is 10.0 Å². The van der Waals surface area contributed by atoms with E-state index in [4.69, 9.17) is 10.5 Å². The smallest absolute Gasteiger partial charge is 0.262 e. The van der Waals surface area contributed by atoms with Gasteiger partial charge in [-0.1, -0.05) is 6.07 Å². The first-order valence-electron chi connectivity index (χ1n) is 5.64. The van der Waals surface area contributed by atoms with Crippen LogP contribution in [0, 0.1) is 5.82 Å². The molecule has 20 heavy (non-hydrogen) atoms. The minimum atomic E-state index is -3.88. The maximum Gasteiger partial charge on any atom is 0.262 e. The molecular formula is C13H13FN2O3S. The molecule has 106 valence electrons. The Balaban J connectivity index is 2.32. The summed E-state index contributed by atoms with van der Waals surface area (Å²) in [5.41, 5.74) is 5.53. The van der Waals surface area contributed by atoms with E-state index in [0.717, 1.165) is 6.07 Å². The zero-order chi connectivity index (χ0) is 14.8. The summed E-state index contributed by atoms with van der Waals surface area (Å²) in [5.74, 6) is -0.271. The van der Waals surface area contributed by atoms with Crippen molar-refractivity contribution < 1.29 is 17.5 Å². The maximum atomic E-state index is 13.3. The lowest BCUT2D eigenvalue weighted by Gasteiger charge is -2.09. The van der Waals surface area contributed by atoms with E-state index < -0.39 is 15.8 Å². The molecule has 0 aliphatic carbocycles. The number of ether oxygens (including phenoxy) is 1. The molecule has 2 rings (SSSR count). The van der Waals surface area contributed by atoms with Gasteiger partial charge in [-0.2, -0.15) is 0 Å². The van der Waals surface area contributed by atoms with Gasteiger partial charge in [-0.25, -0.2) is 12.8 Å². The number of anilines is 2. The third kappa shape index (κ3) is 3.00. The molecule has 0 aliphatic rings. The van der Waals surface area contributed by atoms with E-state index in [-0.39, 0.29) is 10.6 Å². The van der Waals surface area contributed by atoms with Crippen LogP contribution in [0.4, 0.5) is 15.8 Å². The Kier molecular flexibility index (Phi) is 3.80. The van der Waals surface area contributed by atoms with Crippen LogP contribution in [0.5, 0.6) is 5.75 Å². The van der Waals surface area contributed by atoms with Crippen LogP contribution in [0.3, 0.4) is 0 Å². The highest BCUT2D eigenvalue weighted by Crippen LogP contribution is 2.22. The average molecular weight is 296 g/mol. The molecule has 0 unspecified atom stereocenters. The van der Waals surface area contributed by atoms with E-state index in [2.05, 4.69) is 4.72 Å². The Morgan fingerprint density at radius 2 is 1.95 bits per heavy atom. The van der Waals surface area contributed by atoms with Crippen molar-refractivity contribution in [2.75, 3.05) is 17.6 Å². The molecule has 0 aliphatic heterocycles. The van der Waals surface area contributed by atoms with Crippen molar-refractivity contribution in [3.05, 3.63) is 48.3 Å². The lowest BCUT2D eigenvalue weighted by molar-refractivity contribution is 0.415. The predicted octanol–water partition coefficient (Wildman–Crippen LogP) is 2.22. The Morgan fingerprint density at radius 3 is 2.60 bits per heavy atom. The number of hydrogen-bond donors (Lipinski definition) is 2. The van der Waals surface area contributed by atoms with Gasteiger partial charge in [0.05, 0.1) is 23.4 Å². The molecule has 2 aromatic carbocycles. The molecule has 2 aromatic rings. The second-order valence-corrected chi connectivity index (χ2v) is 5.70. The summed E-state index contributed by atoms with van der Waals surface area (Å²) in [6.45, 7) is 0. The van der Waals surface area contributed by atoms with Crippen molar-refractivity contribution in [1.29, 1.82) is 0 Å².